The largest absolute Gasteiger partial charge is 0.142 e. The molecule has 0 aliphatic carbocycles. The maximum atomic E-state index is 2.39. The monoisotopic (exact) mass is 662 g/mol. The minimum Gasteiger partial charge on any atom is -0.142 e. The van der Waals surface area contributed by atoms with Crippen molar-refractivity contribution in [2.75, 3.05) is 0 Å². The van der Waals surface area contributed by atoms with Gasteiger partial charge in [-0.25, -0.2) is 0 Å². The van der Waals surface area contributed by atoms with E-state index in [9.17, 15) is 0 Å². The van der Waals surface area contributed by atoms with Gasteiger partial charge in [-0.05, 0) is 86.3 Å². The van der Waals surface area contributed by atoms with E-state index in [4.69, 9.17) is 0 Å². The van der Waals surface area contributed by atoms with Crippen LogP contribution in [0.5, 0.6) is 0 Å². The van der Waals surface area contributed by atoms with Gasteiger partial charge in [0.25, 0.3) is 0 Å². The molecule has 6 aromatic heterocycles. The number of rotatable bonds is 15. The highest BCUT2D eigenvalue weighted by Crippen LogP contribution is 2.44. The van der Waals surface area contributed by atoms with Crippen LogP contribution >= 0.6 is 68.0 Å². The van der Waals surface area contributed by atoms with E-state index >= 15 is 0 Å². The lowest BCUT2D eigenvalue weighted by molar-refractivity contribution is 0.670. The van der Waals surface area contributed by atoms with Crippen molar-refractivity contribution < 1.29 is 0 Å². The summed E-state index contributed by atoms with van der Waals surface area (Å²) in [6, 6.07) is 23.3. The Morgan fingerprint density at radius 1 is 0.405 bits per heavy atom. The Balaban J connectivity index is 1.09. The van der Waals surface area contributed by atoms with Gasteiger partial charge in [-0.2, -0.15) is 0 Å². The second kappa shape index (κ2) is 14.8. The molecule has 0 atom stereocenters. The molecule has 0 aromatic carbocycles. The molecule has 0 fully saturated rings. The van der Waals surface area contributed by atoms with Crippen molar-refractivity contribution >= 4 is 68.0 Å². The molecular weight excluding hydrogens is 625 g/mol. The molecule has 0 saturated heterocycles. The first-order chi connectivity index (χ1) is 20.7. The van der Waals surface area contributed by atoms with Crippen LogP contribution in [0.3, 0.4) is 0 Å². The number of unbranched alkanes of at least 4 members (excludes halogenated alkanes) is 6. The first-order valence-electron chi connectivity index (χ1n) is 15.3. The molecule has 0 N–H and O–H groups in total. The maximum Gasteiger partial charge on any atom is 0.0449 e. The Bertz CT molecular complexity index is 1550. The summed E-state index contributed by atoms with van der Waals surface area (Å²) in [6.07, 6.45) is 13.1. The van der Waals surface area contributed by atoms with E-state index in [1.165, 1.54) is 124 Å². The quantitative estimate of drug-likeness (QED) is 0.0960. The highest BCUT2D eigenvalue weighted by molar-refractivity contribution is 7.25. The van der Waals surface area contributed by atoms with E-state index in [2.05, 4.69) is 85.3 Å². The van der Waals surface area contributed by atoms with Crippen LogP contribution in [-0.2, 0) is 12.8 Å². The molecule has 42 heavy (non-hydrogen) atoms. The Labute approximate surface area is 275 Å². The van der Waals surface area contributed by atoms with Gasteiger partial charge in [0.15, 0.2) is 0 Å². The van der Waals surface area contributed by atoms with Crippen LogP contribution in [0.15, 0.2) is 71.4 Å². The number of aryl methyl sites for hydroxylation is 2. The van der Waals surface area contributed by atoms with Crippen LogP contribution in [0.25, 0.3) is 50.1 Å². The predicted octanol–water partition coefficient (Wildman–Crippen LogP) is 14.6. The minimum absolute atomic E-state index is 1.22. The van der Waals surface area contributed by atoms with Gasteiger partial charge >= 0.3 is 0 Å². The van der Waals surface area contributed by atoms with Crippen molar-refractivity contribution in [2.24, 2.45) is 0 Å². The molecule has 6 heteroatoms. The summed E-state index contributed by atoms with van der Waals surface area (Å²) >= 11 is 11.5. The molecule has 0 aliphatic heterocycles. The molecule has 0 saturated carbocycles. The average Bonchev–Trinajstić information content (AvgIpc) is 3.83. The molecule has 6 heterocycles. The fourth-order valence-corrected chi connectivity index (χ4v) is 11.5. The summed E-state index contributed by atoms with van der Waals surface area (Å²) < 4.78 is 0. The Morgan fingerprint density at radius 2 is 0.810 bits per heavy atom. The summed E-state index contributed by atoms with van der Waals surface area (Å²) in [5.41, 5.74) is 2.69. The molecule has 0 spiro atoms. The van der Waals surface area contributed by atoms with Crippen LogP contribution in [0.4, 0.5) is 0 Å². The van der Waals surface area contributed by atoms with E-state index in [1.54, 1.807) is 0 Å². The summed E-state index contributed by atoms with van der Waals surface area (Å²) in [4.78, 5) is 14.1. The summed E-state index contributed by atoms with van der Waals surface area (Å²) in [7, 11) is 0. The second-order valence-electron chi connectivity index (χ2n) is 10.9. The van der Waals surface area contributed by atoms with E-state index in [0.717, 1.165) is 0 Å². The molecule has 0 amide bonds. The first kappa shape index (κ1) is 30.2. The lowest BCUT2D eigenvalue weighted by atomic mass is 10.1. The van der Waals surface area contributed by atoms with Crippen molar-refractivity contribution in [3.63, 3.8) is 0 Å². The molecule has 0 unspecified atom stereocenters. The van der Waals surface area contributed by atoms with Crippen LogP contribution in [0, 0.1) is 0 Å². The highest BCUT2D eigenvalue weighted by Gasteiger charge is 2.14. The SMILES string of the molecule is CCCCCCc1ccc(-c2ccc(-c3csc(-c4cc(-c5ccc(-c6ccc(CCCCCC)s6)s5)cs4)c3)s2)s1. The smallest absolute Gasteiger partial charge is 0.0449 e. The molecule has 0 bridgehead atoms. The Hall–Kier alpha value is -1.80. The minimum atomic E-state index is 1.22. The lowest BCUT2D eigenvalue weighted by Crippen LogP contribution is -1.80. The van der Waals surface area contributed by atoms with Crippen LogP contribution in [0.1, 0.15) is 75.0 Å². The van der Waals surface area contributed by atoms with Crippen LogP contribution in [-0.4, -0.2) is 0 Å². The van der Waals surface area contributed by atoms with Crippen molar-refractivity contribution in [3.8, 4) is 50.1 Å². The fourth-order valence-electron chi connectivity index (χ4n) is 5.18. The van der Waals surface area contributed by atoms with Gasteiger partial charge in [0.2, 0.25) is 0 Å². The lowest BCUT2D eigenvalue weighted by Gasteiger charge is -1.96. The topological polar surface area (TPSA) is 0 Å². The van der Waals surface area contributed by atoms with Gasteiger partial charge in [-0.15, -0.1) is 68.0 Å². The van der Waals surface area contributed by atoms with Crippen molar-refractivity contribution in [1.29, 1.82) is 0 Å². The van der Waals surface area contributed by atoms with E-state index in [0.29, 0.717) is 0 Å². The van der Waals surface area contributed by atoms with Crippen molar-refractivity contribution in [1.82, 2.24) is 0 Å². The molecular formula is C36H38S6. The molecule has 6 aromatic rings. The van der Waals surface area contributed by atoms with Gasteiger partial charge in [-0.3, -0.25) is 0 Å². The predicted molar refractivity (Wildman–Crippen MR) is 197 cm³/mol. The Morgan fingerprint density at radius 3 is 1.26 bits per heavy atom. The summed E-state index contributed by atoms with van der Waals surface area (Å²) in [5.74, 6) is 0. The normalized spacial score (nSPS) is 11.6. The van der Waals surface area contributed by atoms with Gasteiger partial charge in [0.05, 0.1) is 0 Å². The summed E-state index contributed by atoms with van der Waals surface area (Å²) in [5, 5.41) is 4.66. The van der Waals surface area contributed by atoms with E-state index < -0.39 is 0 Å². The molecule has 0 nitrogen and oxygen atoms in total. The maximum absolute atomic E-state index is 2.39. The number of thiophene rings is 6. The summed E-state index contributed by atoms with van der Waals surface area (Å²) in [6.45, 7) is 4.56. The van der Waals surface area contributed by atoms with E-state index in [1.807, 2.05) is 68.0 Å². The average molecular weight is 663 g/mol. The second-order valence-corrected chi connectivity index (χ2v) is 17.2. The van der Waals surface area contributed by atoms with Crippen molar-refractivity contribution in [3.05, 3.63) is 81.2 Å². The number of hydrogen-bond acceptors (Lipinski definition) is 6. The third-order valence-electron chi connectivity index (χ3n) is 7.59. The van der Waals surface area contributed by atoms with Gasteiger partial charge < -0.3 is 0 Å². The zero-order chi connectivity index (χ0) is 28.7. The molecule has 0 aliphatic rings. The highest BCUT2D eigenvalue weighted by atomic mass is 32.1. The number of hydrogen-bond donors (Lipinski definition) is 0. The van der Waals surface area contributed by atoms with Gasteiger partial charge in [0, 0.05) is 70.7 Å². The van der Waals surface area contributed by atoms with Gasteiger partial charge in [0.1, 0.15) is 0 Å². The van der Waals surface area contributed by atoms with Crippen LogP contribution < -0.4 is 0 Å². The molecule has 0 radical (unpaired) electrons. The van der Waals surface area contributed by atoms with Gasteiger partial charge in [-0.1, -0.05) is 52.4 Å². The third-order valence-corrected chi connectivity index (χ3v) is 14.6. The van der Waals surface area contributed by atoms with Crippen LogP contribution in [0.2, 0.25) is 0 Å². The Kier molecular flexibility index (Phi) is 10.6. The third kappa shape index (κ3) is 7.46. The first-order valence-corrected chi connectivity index (χ1v) is 20.3. The zero-order valence-corrected chi connectivity index (χ0v) is 29.3. The fraction of sp³-hybridized carbons (Fsp3) is 0.333. The zero-order valence-electron chi connectivity index (χ0n) is 24.4. The molecule has 218 valence electrons. The van der Waals surface area contributed by atoms with Crippen molar-refractivity contribution in [2.45, 2.75) is 78.1 Å². The molecule has 6 rings (SSSR count). The standard InChI is InChI=1S/C36H38S6/c1-3-5-7-9-11-27-13-15-31(39-27)33-19-17-29(41-33)25-21-35(37-23-25)36-22-26(24-38-36)30-18-20-34(42-30)32-16-14-28(40-32)12-10-8-6-4-2/h13-24H,3-12H2,1-2H3. The van der Waals surface area contributed by atoms with E-state index in [-0.39, 0.29) is 0 Å².